The van der Waals surface area contributed by atoms with Crippen LogP contribution >= 0.6 is 11.6 Å². The molecule has 40 heavy (non-hydrogen) atoms. The number of carbonyl (C=O) groups excluding carboxylic acids is 1. The summed E-state index contributed by atoms with van der Waals surface area (Å²) in [4.78, 5) is 27.4. The van der Waals surface area contributed by atoms with Crippen molar-refractivity contribution in [2.75, 3.05) is 41.2 Å². The summed E-state index contributed by atoms with van der Waals surface area (Å²) < 4.78 is 36.3. The summed E-state index contributed by atoms with van der Waals surface area (Å²) in [5, 5.41) is 7.41. The Bertz CT molecular complexity index is 1670. The minimum Gasteiger partial charge on any atom is -0.378 e. The number of nitrogens with zero attached hydrogens (tertiary/aromatic N) is 3. The molecule has 2 heterocycles. The lowest BCUT2D eigenvalue weighted by molar-refractivity contribution is 0.102. The summed E-state index contributed by atoms with van der Waals surface area (Å²) in [6.07, 6.45) is 0. The monoisotopic (exact) mass is 579 g/mol. The average molecular weight is 580 g/mol. The molecule has 1 aliphatic rings. The first-order valence-corrected chi connectivity index (χ1v) is 14.3. The van der Waals surface area contributed by atoms with Gasteiger partial charge in [-0.2, -0.15) is 5.10 Å². The minimum atomic E-state index is -4.06. The van der Waals surface area contributed by atoms with Gasteiger partial charge < -0.3 is 15.0 Å². The number of carbonyl (C=O) groups is 1. The van der Waals surface area contributed by atoms with Crippen LogP contribution in [0.15, 0.2) is 94.6 Å². The first kappa shape index (κ1) is 27.4. The van der Waals surface area contributed by atoms with Crippen LogP contribution < -0.4 is 20.5 Å². The first-order valence-electron chi connectivity index (χ1n) is 12.5. The molecule has 0 atom stereocenters. The van der Waals surface area contributed by atoms with Gasteiger partial charge in [0.2, 0.25) is 0 Å². The van der Waals surface area contributed by atoms with E-state index in [4.69, 9.17) is 16.3 Å². The predicted octanol–water partition coefficient (Wildman–Crippen LogP) is 3.83. The van der Waals surface area contributed by atoms with E-state index >= 15 is 0 Å². The fourth-order valence-corrected chi connectivity index (χ4v) is 5.67. The lowest BCUT2D eigenvalue weighted by atomic mass is 10.2. The van der Waals surface area contributed by atoms with E-state index in [2.05, 4.69) is 15.1 Å². The van der Waals surface area contributed by atoms with Crippen LogP contribution in [0.5, 0.6) is 0 Å². The summed E-state index contributed by atoms with van der Waals surface area (Å²) in [6.45, 7) is 2.16. The van der Waals surface area contributed by atoms with Gasteiger partial charge in [0.15, 0.2) is 0 Å². The Morgan fingerprint density at radius 1 is 0.925 bits per heavy atom. The minimum absolute atomic E-state index is 0.0100. The molecule has 4 aromatic rings. The molecular weight excluding hydrogens is 554 g/mol. The van der Waals surface area contributed by atoms with Crippen molar-refractivity contribution in [3.63, 3.8) is 0 Å². The van der Waals surface area contributed by atoms with Crippen LogP contribution in [0, 0.1) is 0 Å². The van der Waals surface area contributed by atoms with Crippen molar-refractivity contribution in [3.8, 4) is 0 Å². The zero-order chi connectivity index (χ0) is 28.1. The molecular formula is C28H26ClN5O5S. The molecule has 1 fully saturated rings. The van der Waals surface area contributed by atoms with Gasteiger partial charge in [-0.1, -0.05) is 41.9 Å². The number of hydrogen-bond acceptors (Lipinski definition) is 7. The standard InChI is InChI=1S/C28H26ClN5O5S/c29-21-6-8-22(9-7-21)32-40(37,38)26-18-23(10-12-25(26)33-14-16-39-17-15-33)30-28(36)24-11-13-27(35)34(31-24)19-20-4-2-1-3-5-20/h1-13,18,32H,14-17,19H2,(H,30,36). The number of morpholine rings is 1. The van der Waals surface area contributed by atoms with E-state index < -0.39 is 15.9 Å². The molecule has 10 nitrogen and oxygen atoms in total. The number of sulfonamides is 1. The topological polar surface area (TPSA) is 123 Å². The molecule has 0 spiro atoms. The van der Waals surface area contributed by atoms with Crippen LogP contribution in [0.1, 0.15) is 16.1 Å². The van der Waals surface area contributed by atoms with E-state index in [9.17, 15) is 18.0 Å². The number of anilines is 3. The molecule has 0 unspecified atom stereocenters. The van der Waals surface area contributed by atoms with Crippen LogP contribution in [-0.4, -0.2) is 50.4 Å². The molecule has 1 amide bonds. The molecule has 0 saturated carbocycles. The van der Waals surface area contributed by atoms with E-state index in [0.29, 0.717) is 42.7 Å². The van der Waals surface area contributed by atoms with Crippen molar-refractivity contribution < 1.29 is 17.9 Å². The largest absolute Gasteiger partial charge is 0.378 e. The molecule has 5 rings (SSSR count). The highest BCUT2D eigenvalue weighted by Crippen LogP contribution is 2.31. The third-order valence-electron chi connectivity index (χ3n) is 6.23. The number of halogens is 1. The van der Waals surface area contributed by atoms with Gasteiger partial charge in [0.05, 0.1) is 25.4 Å². The second-order valence-electron chi connectivity index (χ2n) is 9.05. The second kappa shape index (κ2) is 11.9. The third kappa shape index (κ3) is 6.50. The number of nitrogens with one attached hydrogen (secondary N) is 2. The lowest BCUT2D eigenvalue weighted by Crippen LogP contribution is -2.37. The van der Waals surface area contributed by atoms with Gasteiger partial charge >= 0.3 is 0 Å². The molecule has 1 aromatic heterocycles. The van der Waals surface area contributed by atoms with Gasteiger partial charge in [0.1, 0.15) is 10.6 Å². The van der Waals surface area contributed by atoms with Crippen LogP contribution in [0.2, 0.25) is 5.02 Å². The molecule has 1 aliphatic heterocycles. The number of ether oxygens (including phenoxy) is 1. The summed E-state index contributed by atoms with van der Waals surface area (Å²) in [5.74, 6) is -0.588. The quantitative estimate of drug-likeness (QED) is 0.325. The van der Waals surface area contributed by atoms with Gasteiger partial charge in [-0.3, -0.25) is 14.3 Å². The van der Waals surface area contributed by atoms with Crippen LogP contribution in [-0.2, 0) is 21.3 Å². The van der Waals surface area contributed by atoms with Gasteiger partial charge in [-0.05, 0) is 54.1 Å². The number of benzene rings is 3. The van der Waals surface area contributed by atoms with Crippen molar-refractivity contribution in [1.82, 2.24) is 9.78 Å². The van der Waals surface area contributed by atoms with E-state index in [1.807, 2.05) is 35.2 Å². The Balaban J connectivity index is 1.43. The lowest BCUT2D eigenvalue weighted by Gasteiger charge is -2.30. The zero-order valence-corrected chi connectivity index (χ0v) is 22.9. The van der Waals surface area contributed by atoms with Crippen LogP contribution in [0.3, 0.4) is 0 Å². The number of rotatable bonds is 8. The normalized spacial score (nSPS) is 13.6. The molecule has 3 aromatic carbocycles. The van der Waals surface area contributed by atoms with Crippen molar-refractivity contribution in [1.29, 1.82) is 0 Å². The molecule has 206 valence electrons. The molecule has 2 N–H and O–H groups in total. The maximum Gasteiger partial charge on any atom is 0.276 e. The predicted molar refractivity (Wildman–Crippen MR) is 154 cm³/mol. The summed E-state index contributed by atoms with van der Waals surface area (Å²) in [6, 6.07) is 22.9. The first-order chi connectivity index (χ1) is 19.3. The Labute approximate surface area is 236 Å². The van der Waals surface area contributed by atoms with Crippen molar-refractivity contribution in [2.24, 2.45) is 0 Å². The Hall–Kier alpha value is -4.19. The molecule has 1 saturated heterocycles. The Morgan fingerprint density at radius 2 is 1.62 bits per heavy atom. The highest BCUT2D eigenvalue weighted by atomic mass is 35.5. The van der Waals surface area contributed by atoms with E-state index in [-0.39, 0.29) is 28.4 Å². The van der Waals surface area contributed by atoms with Gasteiger partial charge in [0, 0.05) is 35.6 Å². The van der Waals surface area contributed by atoms with Gasteiger partial charge in [-0.15, -0.1) is 0 Å². The highest BCUT2D eigenvalue weighted by molar-refractivity contribution is 7.92. The number of aromatic nitrogens is 2. The zero-order valence-electron chi connectivity index (χ0n) is 21.3. The Kier molecular flexibility index (Phi) is 8.15. The van der Waals surface area contributed by atoms with Gasteiger partial charge in [-0.25, -0.2) is 13.1 Å². The fourth-order valence-electron chi connectivity index (χ4n) is 4.24. The third-order valence-corrected chi connectivity index (χ3v) is 7.89. The van der Waals surface area contributed by atoms with E-state index in [0.717, 1.165) is 5.56 Å². The molecule has 0 aliphatic carbocycles. The highest BCUT2D eigenvalue weighted by Gasteiger charge is 2.25. The Morgan fingerprint density at radius 3 is 2.35 bits per heavy atom. The van der Waals surface area contributed by atoms with Crippen molar-refractivity contribution in [3.05, 3.63) is 112 Å². The summed E-state index contributed by atoms with van der Waals surface area (Å²) in [5.41, 5.74) is 1.60. The van der Waals surface area contributed by atoms with Crippen LogP contribution in [0.4, 0.5) is 17.1 Å². The van der Waals surface area contributed by atoms with E-state index in [1.165, 1.54) is 22.9 Å². The average Bonchev–Trinajstić information content (AvgIpc) is 2.96. The number of amides is 1. The fraction of sp³-hybridized carbons (Fsp3) is 0.179. The van der Waals surface area contributed by atoms with Gasteiger partial charge in [0.25, 0.3) is 21.5 Å². The molecule has 0 radical (unpaired) electrons. The summed E-state index contributed by atoms with van der Waals surface area (Å²) in [7, 11) is -4.06. The smallest absolute Gasteiger partial charge is 0.276 e. The van der Waals surface area contributed by atoms with Crippen molar-refractivity contribution in [2.45, 2.75) is 11.4 Å². The number of hydrogen-bond donors (Lipinski definition) is 2. The van der Waals surface area contributed by atoms with E-state index in [1.54, 1.807) is 36.4 Å². The van der Waals surface area contributed by atoms with Crippen LogP contribution in [0.25, 0.3) is 0 Å². The summed E-state index contributed by atoms with van der Waals surface area (Å²) >= 11 is 5.95. The molecule has 0 bridgehead atoms. The maximum absolute atomic E-state index is 13.5. The maximum atomic E-state index is 13.5. The second-order valence-corrected chi connectivity index (χ2v) is 11.1. The SMILES string of the molecule is O=C(Nc1ccc(N2CCOCC2)c(S(=O)(=O)Nc2ccc(Cl)cc2)c1)c1ccc(=O)n(Cc2ccccc2)n1. The van der Waals surface area contributed by atoms with Crippen molar-refractivity contribution >= 4 is 44.6 Å². The molecule has 12 heteroatoms.